The van der Waals surface area contributed by atoms with Crippen molar-refractivity contribution in [1.29, 1.82) is 0 Å². The summed E-state index contributed by atoms with van der Waals surface area (Å²) in [6, 6.07) is 10.5. The van der Waals surface area contributed by atoms with E-state index in [9.17, 15) is 24.5 Å². The molecule has 2 aromatic carbocycles. The number of nitrogens with zero attached hydrogens (tertiary/aromatic N) is 2. The van der Waals surface area contributed by atoms with E-state index in [0.29, 0.717) is 29.9 Å². The monoisotopic (exact) mass is 863 g/mol. The van der Waals surface area contributed by atoms with Crippen molar-refractivity contribution in [2.75, 3.05) is 26.4 Å². The minimum absolute atomic E-state index is 0.0162. The van der Waals surface area contributed by atoms with Crippen LogP contribution in [0.2, 0.25) is 0 Å². The number of amides is 1. The van der Waals surface area contributed by atoms with Gasteiger partial charge < -0.3 is 34.4 Å². The molecule has 5 rings (SSSR count). The molecule has 1 amide bonds. The van der Waals surface area contributed by atoms with E-state index < -0.39 is 29.4 Å². The quantitative estimate of drug-likeness (QED) is 0.0484. The third kappa shape index (κ3) is 13.1. The van der Waals surface area contributed by atoms with Gasteiger partial charge in [-0.2, -0.15) is 0 Å². The number of phenolic OH excluding ortho intramolecular Hbond substituents is 1. The fraction of sp³-hybridized carbons (Fsp3) is 0.647. The number of aromatic hydroxyl groups is 1. The molecule has 0 aromatic heterocycles. The minimum Gasteiger partial charge on any atom is -0.508 e. The van der Waals surface area contributed by atoms with E-state index in [1.807, 2.05) is 20.8 Å². The van der Waals surface area contributed by atoms with Crippen molar-refractivity contribution in [3.8, 4) is 11.5 Å². The summed E-state index contributed by atoms with van der Waals surface area (Å²) in [7, 11) is 0. The Kier molecular flexibility index (Phi) is 19.2. The highest BCUT2D eigenvalue weighted by atomic mass is 19.1. The highest BCUT2D eigenvalue weighted by molar-refractivity contribution is 6.03. The number of halogens is 1. The Hall–Kier alpha value is -3.93. The maximum absolute atomic E-state index is 14.8. The Morgan fingerprint density at radius 3 is 2.24 bits per heavy atom. The molecule has 0 spiro atoms. The zero-order valence-electron chi connectivity index (χ0n) is 38.0. The van der Waals surface area contributed by atoms with Crippen molar-refractivity contribution in [2.45, 2.75) is 167 Å². The van der Waals surface area contributed by atoms with Crippen LogP contribution < -0.4 is 4.74 Å². The summed E-state index contributed by atoms with van der Waals surface area (Å²) in [5.41, 5.74) is 2.49. The first-order valence-electron chi connectivity index (χ1n) is 23.6. The second-order valence-electron chi connectivity index (χ2n) is 18.5. The standard InChI is InChI=1S/C51H75FN2O8/c1-6-8-9-10-11-12-13-14-15-20-32-59-49(58)54(36-37-23-25-39(52)26-24-37)46-35-44(53-62-50(3,4)5)42-33-38(21-16-18-29-55)41(22-17-19-30-56)47-43-34-40(57)27-28-45(43)61-51(46,48(42)47)60-31-7-2/h7,23-28,33-34,38,41,46-48,55-57H,2,6,8-22,29-32,35-36H2,1,3-5H3/t38-,41+,46-,47+,48+,51+/m0/s1. The number of allylic oxidation sites excluding steroid dienone is 1. The van der Waals surface area contributed by atoms with Gasteiger partial charge in [0.1, 0.15) is 29.0 Å². The van der Waals surface area contributed by atoms with Crippen LogP contribution in [0, 0.1) is 23.6 Å². The average Bonchev–Trinajstić information content (AvgIpc) is 3.25. The lowest BCUT2D eigenvalue weighted by Gasteiger charge is -2.60. The van der Waals surface area contributed by atoms with Crippen LogP contribution >= 0.6 is 0 Å². The molecule has 344 valence electrons. The lowest BCUT2D eigenvalue weighted by molar-refractivity contribution is -0.256. The zero-order valence-corrected chi connectivity index (χ0v) is 38.0. The van der Waals surface area contributed by atoms with Crippen molar-refractivity contribution < 1.29 is 43.6 Å². The third-order valence-corrected chi connectivity index (χ3v) is 12.7. The summed E-state index contributed by atoms with van der Waals surface area (Å²) in [4.78, 5) is 22.7. The molecule has 2 aromatic rings. The van der Waals surface area contributed by atoms with Gasteiger partial charge >= 0.3 is 6.09 Å². The maximum atomic E-state index is 14.8. The third-order valence-electron chi connectivity index (χ3n) is 12.7. The summed E-state index contributed by atoms with van der Waals surface area (Å²) in [6.07, 6.45) is 19.7. The van der Waals surface area contributed by atoms with Crippen LogP contribution in [-0.2, 0) is 20.9 Å². The van der Waals surface area contributed by atoms with Gasteiger partial charge in [-0.05, 0) is 106 Å². The average molecular weight is 863 g/mol. The minimum atomic E-state index is -1.49. The number of aliphatic hydroxyl groups is 2. The first-order chi connectivity index (χ1) is 30.0. The van der Waals surface area contributed by atoms with Crippen LogP contribution in [0.5, 0.6) is 11.5 Å². The largest absolute Gasteiger partial charge is 0.508 e. The van der Waals surface area contributed by atoms with Gasteiger partial charge in [0.05, 0.1) is 24.8 Å². The van der Waals surface area contributed by atoms with Gasteiger partial charge in [0.15, 0.2) is 0 Å². The first-order valence-corrected chi connectivity index (χ1v) is 23.6. The number of fused-ring (bicyclic) bond motifs is 2. The van der Waals surface area contributed by atoms with Gasteiger partial charge in [0.25, 0.3) is 0 Å². The molecular formula is C51H75FN2O8. The fourth-order valence-corrected chi connectivity index (χ4v) is 9.77. The normalized spacial score (nSPS) is 23.5. The SMILES string of the molecule is C=CCO[C@@]12Oc3ccc(O)cc3[C@H]3[C@H](CCCCO)[C@@H](CCCCO)C=C(C(=NOC(C)(C)C)C[C@@H]1N(Cc1ccc(F)cc1)C(=O)OCCCCCCCCCCCC)[C@H]32. The second-order valence-corrected chi connectivity index (χ2v) is 18.5. The van der Waals surface area contributed by atoms with Gasteiger partial charge in [0, 0.05) is 37.7 Å². The molecule has 3 aliphatic rings. The highest BCUT2D eigenvalue weighted by Gasteiger charge is 2.65. The number of benzene rings is 2. The van der Waals surface area contributed by atoms with Gasteiger partial charge in [-0.25, -0.2) is 9.18 Å². The Morgan fingerprint density at radius 2 is 1.60 bits per heavy atom. The van der Waals surface area contributed by atoms with Gasteiger partial charge in [-0.1, -0.05) is 107 Å². The van der Waals surface area contributed by atoms with Gasteiger partial charge in [0.2, 0.25) is 5.79 Å². The van der Waals surface area contributed by atoms with E-state index >= 15 is 0 Å². The summed E-state index contributed by atoms with van der Waals surface area (Å²) >= 11 is 0. The molecule has 1 fully saturated rings. The number of carbonyl (C=O) groups is 1. The number of rotatable bonds is 26. The smallest absolute Gasteiger partial charge is 0.410 e. The molecule has 2 aliphatic carbocycles. The number of hydrogen-bond acceptors (Lipinski definition) is 9. The molecule has 1 aliphatic heterocycles. The van der Waals surface area contributed by atoms with Crippen molar-refractivity contribution in [2.24, 2.45) is 22.9 Å². The molecule has 1 saturated carbocycles. The summed E-state index contributed by atoms with van der Waals surface area (Å²) in [5, 5.41) is 35.6. The Bertz CT molecular complexity index is 1760. The number of hydrogen-bond donors (Lipinski definition) is 3. The molecule has 0 unspecified atom stereocenters. The van der Waals surface area contributed by atoms with Crippen LogP contribution in [0.3, 0.4) is 0 Å². The van der Waals surface area contributed by atoms with E-state index in [1.54, 1.807) is 41.3 Å². The van der Waals surface area contributed by atoms with Crippen LogP contribution in [0.15, 0.2) is 71.9 Å². The molecule has 3 N–H and O–H groups in total. The van der Waals surface area contributed by atoms with Crippen LogP contribution in [-0.4, -0.2) is 75.9 Å². The maximum Gasteiger partial charge on any atom is 0.410 e. The number of unbranched alkanes of at least 4 members (excludes halogenated alkanes) is 11. The second kappa shape index (κ2) is 24.2. The van der Waals surface area contributed by atoms with Gasteiger partial charge in [-0.3, -0.25) is 4.90 Å². The lowest BCUT2D eigenvalue weighted by atomic mass is 9.55. The number of oxime groups is 1. The Morgan fingerprint density at radius 1 is 0.935 bits per heavy atom. The predicted molar refractivity (Wildman–Crippen MR) is 243 cm³/mol. The fourth-order valence-electron chi connectivity index (χ4n) is 9.77. The molecule has 0 radical (unpaired) electrons. The van der Waals surface area contributed by atoms with Crippen molar-refractivity contribution in [3.63, 3.8) is 0 Å². The van der Waals surface area contributed by atoms with Crippen LogP contribution in [0.4, 0.5) is 9.18 Å². The van der Waals surface area contributed by atoms with Crippen molar-refractivity contribution >= 4 is 11.8 Å². The molecule has 10 nitrogen and oxygen atoms in total. The first kappa shape index (κ1) is 49.1. The topological polar surface area (TPSA) is 130 Å². The lowest BCUT2D eigenvalue weighted by Crippen LogP contribution is -2.70. The van der Waals surface area contributed by atoms with Gasteiger partial charge in [-0.15, -0.1) is 6.58 Å². The summed E-state index contributed by atoms with van der Waals surface area (Å²) in [6.45, 7) is 12.7. The van der Waals surface area contributed by atoms with Crippen LogP contribution in [0.1, 0.15) is 154 Å². The number of carbonyl (C=O) groups excluding carboxylic acids is 1. The molecule has 6 atom stereocenters. The van der Waals surface area contributed by atoms with E-state index in [0.717, 1.165) is 56.1 Å². The zero-order chi connectivity index (χ0) is 44.5. The Balaban J connectivity index is 1.61. The van der Waals surface area contributed by atoms with E-state index in [-0.39, 0.29) is 68.7 Å². The predicted octanol–water partition coefficient (Wildman–Crippen LogP) is 11.5. The molecular weight excluding hydrogens is 788 g/mol. The molecule has 0 saturated heterocycles. The number of phenols is 1. The molecule has 11 heteroatoms. The molecule has 0 bridgehead atoms. The summed E-state index contributed by atoms with van der Waals surface area (Å²) in [5.74, 6) is -1.94. The number of ether oxygens (including phenoxy) is 3. The van der Waals surface area contributed by atoms with Crippen LogP contribution in [0.25, 0.3) is 0 Å². The summed E-state index contributed by atoms with van der Waals surface area (Å²) < 4.78 is 34.8. The molecule has 1 heterocycles. The number of aliphatic hydroxyl groups excluding tert-OH is 2. The van der Waals surface area contributed by atoms with Crippen molar-refractivity contribution in [3.05, 3.63) is 83.7 Å². The highest BCUT2D eigenvalue weighted by Crippen LogP contribution is 2.62. The van der Waals surface area contributed by atoms with E-state index in [4.69, 9.17) is 24.2 Å². The van der Waals surface area contributed by atoms with E-state index in [1.165, 1.54) is 57.1 Å². The molecule has 62 heavy (non-hydrogen) atoms. The Labute approximate surface area is 370 Å². The van der Waals surface area contributed by atoms with E-state index in [2.05, 4.69) is 19.6 Å². The van der Waals surface area contributed by atoms with Crippen molar-refractivity contribution in [1.82, 2.24) is 4.90 Å².